The van der Waals surface area contributed by atoms with Crippen LogP contribution in [0.5, 0.6) is 0 Å². The summed E-state index contributed by atoms with van der Waals surface area (Å²) in [5.74, 6) is 2.33. The highest BCUT2D eigenvalue weighted by Gasteiger charge is 2.22. The molecule has 0 atom stereocenters. The first-order valence-corrected chi connectivity index (χ1v) is 8.09. The van der Waals surface area contributed by atoms with Gasteiger partial charge in [-0.2, -0.15) is 16.9 Å². The van der Waals surface area contributed by atoms with E-state index in [2.05, 4.69) is 47.4 Å². The van der Waals surface area contributed by atoms with E-state index in [1.54, 1.807) is 0 Å². The maximum atomic E-state index is 4.82. The van der Waals surface area contributed by atoms with E-state index in [1.807, 2.05) is 11.8 Å². The molecular weight excluding hydrogens is 254 g/mol. The molecule has 0 radical (unpaired) electrons. The minimum absolute atomic E-state index is 1.03. The molecule has 1 aliphatic rings. The molecule has 0 aliphatic carbocycles. The Hall–Kier alpha value is -1.42. The topological polar surface area (TPSA) is 29.9 Å². The molecule has 2 heterocycles. The lowest BCUT2D eigenvalue weighted by Gasteiger charge is -2.07. The fraction of sp³-hybridized carbons (Fsp3) is 0.400. The van der Waals surface area contributed by atoms with Crippen LogP contribution < -0.4 is 5.32 Å². The molecule has 3 rings (SSSR count). The Kier molecular flexibility index (Phi) is 3.51. The monoisotopic (exact) mass is 273 g/mol. The zero-order chi connectivity index (χ0) is 13.2. The van der Waals surface area contributed by atoms with Gasteiger partial charge in [0.15, 0.2) is 0 Å². The van der Waals surface area contributed by atoms with E-state index in [1.165, 1.54) is 22.6 Å². The van der Waals surface area contributed by atoms with Crippen molar-refractivity contribution in [2.45, 2.75) is 19.8 Å². The van der Waals surface area contributed by atoms with Crippen molar-refractivity contribution in [3.63, 3.8) is 0 Å². The van der Waals surface area contributed by atoms with Gasteiger partial charge in [-0.05, 0) is 43.0 Å². The summed E-state index contributed by atoms with van der Waals surface area (Å²) in [7, 11) is 0. The van der Waals surface area contributed by atoms with Gasteiger partial charge in [-0.25, -0.2) is 4.68 Å². The SMILES string of the molecule is CSCCc1nn(-c2cccc(C)c2)c2c1CCN2. The third kappa shape index (κ3) is 2.37. The number of nitrogens with zero attached hydrogens (tertiary/aromatic N) is 2. The number of hydrogen-bond donors (Lipinski definition) is 1. The quantitative estimate of drug-likeness (QED) is 0.928. The number of benzene rings is 1. The zero-order valence-corrected chi connectivity index (χ0v) is 12.3. The van der Waals surface area contributed by atoms with Gasteiger partial charge in [-0.15, -0.1) is 0 Å². The molecule has 1 N–H and O–H groups in total. The summed E-state index contributed by atoms with van der Waals surface area (Å²) in [5, 5.41) is 8.30. The molecule has 0 bridgehead atoms. The van der Waals surface area contributed by atoms with Crippen molar-refractivity contribution in [2.24, 2.45) is 0 Å². The van der Waals surface area contributed by atoms with Gasteiger partial charge in [0.25, 0.3) is 0 Å². The van der Waals surface area contributed by atoms with Crippen molar-refractivity contribution in [1.82, 2.24) is 9.78 Å². The molecule has 0 spiro atoms. The highest BCUT2D eigenvalue weighted by molar-refractivity contribution is 7.98. The average Bonchev–Trinajstić information content (AvgIpc) is 2.98. The van der Waals surface area contributed by atoms with E-state index in [-0.39, 0.29) is 0 Å². The van der Waals surface area contributed by atoms with Crippen molar-refractivity contribution in [3.05, 3.63) is 41.1 Å². The number of aryl methyl sites for hydroxylation is 2. The van der Waals surface area contributed by atoms with Crippen LogP contribution in [0.2, 0.25) is 0 Å². The summed E-state index contributed by atoms with van der Waals surface area (Å²) in [6.07, 6.45) is 4.31. The number of hydrogen-bond acceptors (Lipinski definition) is 3. The summed E-state index contributed by atoms with van der Waals surface area (Å²) >= 11 is 1.88. The smallest absolute Gasteiger partial charge is 0.133 e. The first-order chi connectivity index (χ1) is 9.29. The van der Waals surface area contributed by atoms with Crippen LogP contribution in [0.25, 0.3) is 5.69 Å². The Morgan fingerprint density at radius 1 is 1.42 bits per heavy atom. The Balaban J connectivity index is 2.02. The Morgan fingerprint density at radius 2 is 2.32 bits per heavy atom. The lowest BCUT2D eigenvalue weighted by atomic mass is 10.2. The lowest BCUT2D eigenvalue weighted by Crippen LogP contribution is -2.05. The second kappa shape index (κ2) is 5.29. The van der Waals surface area contributed by atoms with Crippen molar-refractivity contribution >= 4 is 17.6 Å². The summed E-state index contributed by atoms with van der Waals surface area (Å²) in [6.45, 7) is 3.15. The Labute approximate surface area is 118 Å². The van der Waals surface area contributed by atoms with Crippen molar-refractivity contribution < 1.29 is 0 Å². The second-order valence-electron chi connectivity index (χ2n) is 4.94. The largest absolute Gasteiger partial charge is 0.369 e. The normalized spacial score (nSPS) is 13.4. The molecule has 2 aromatic rings. The van der Waals surface area contributed by atoms with Crippen molar-refractivity contribution in [2.75, 3.05) is 23.9 Å². The van der Waals surface area contributed by atoms with E-state index < -0.39 is 0 Å². The maximum Gasteiger partial charge on any atom is 0.133 e. The van der Waals surface area contributed by atoms with E-state index in [0.29, 0.717) is 0 Å². The summed E-state index contributed by atoms with van der Waals surface area (Å²) < 4.78 is 2.07. The standard InChI is InChI=1S/C15H19N3S/c1-11-4-3-5-12(10-11)18-15-13(6-8-16-15)14(17-18)7-9-19-2/h3-5,10,16H,6-9H2,1-2H3. The minimum Gasteiger partial charge on any atom is -0.369 e. The molecule has 1 aromatic carbocycles. The van der Waals surface area contributed by atoms with Crippen LogP contribution in [-0.4, -0.2) is 28.3 Å². The summed E-state index contributed by atoms with van der Waals surface area (Å²) in [6, 6.07) is 8.52. The second-order valence-corrected chi connectivity index (χ2v) is 5.93. The molecule has 4 heteroatoms. The van der Waals surface area contributed by atoms with Gasteiger partial charge in [0, 0.05) is 18.5 Å². The predicted molar refractivity (Wildman–Crippen MR) is 82.6 cm³/mol. The molecule has 0 amide bonds. The summed E-state index contributed by atoms with van der Waals surface area (Å²) in [5.41, 5.74) is 5.10. The van der Waals surface area contributed by atoms with E-state index in [4.69, 9.17) is 5.10 Å². The molecule has 0 fully saturated rings. The highest BCUT2D eigenvalue weighted by Crippen LogP contribution is 2.29. The van der Waals surface area contributed by atoms with Crippen LogP contribution in [0.15, 0.2) is 24.3 Å². The first kappa shape index (κ1) is 12.6. The third-order valence-electron chi connectivity index (χ3n) is 3.52. The number of aromatic nitrogens is 2. The first-order valence-electron chi connectivity index (χ1n) is 6.70. The van der Waals surface area contributed by atoms with Gasteiger partial charge in [0.1, 0.15) is 5.82 Å². The molecule has 19 heavy (non-hydrogen) atoms. The summed E-state index contributed by atoms with van der Waals surface area (Å²) in [4.78, 5) is 0. The number of nitrogens with one attached hydrogen (secondary N) is 1. The van der Waals surface area contributed by atoms with Crippen molar-refractivity contribution in [1.29, 1.82) is 0 Å². The molecule has 1 aromatic heterocycles. The number of rotatable bonds is 4. The maximum absolute atomic E-state index is 4.82. The molecule has 100 valence electrons. The van der Waals surface area contributed by atoms with Gasteiger partial charge in [0.2, 0.25) is 0 Å². The Bertz CT molecular complexity index is 589. The molecule has 3 nitrogen and oxygen atoms in total. The zero-order valence-electron chi connectivity index (χ0n) is 11.4. The van der Waals surface area contributed by atoms with Gasteiger partial charge in [0.05, 0.1) is 11.4 Å². The van der Waals surface area contributed by atoms with E-state index in [9.17, 15) is 0 Å². The van der Waals surface area contributed by atoms with E-state index in [0.717, 1.165) is 30.8 Å². The molecule has 0 saturated carbocycles. The van der Waals surface area contributed by atoms with Gasteiger partial charge in [-0.1, -0.05) is 12.1 Å². The lowest BCUT2D eigenvalue weighted by molar-refractivity contribution is 0.834. The van der Waals surface area contributed by atoms with Crippen LogP contribution in [0, 0.1) is 6.92 Å². The highest BCUT2D eigenvalue weighted by atomic mass is 32.2. The minimum atomic E-state index is 1.03. The van der Waals surface area contributed by atoms with Crippen LogP contribution in [0.1, 0.15) is 16.8 Å². The predicted octanol–water partition coefficient (Wildman–Crippen LogP) is 3.05. The van der Waals surface area contributed by atoms with E-state index >= 15 is 0 Å². The number of fused-ring (bicyclic) bond motifs is 1. The number of thioether (sulfide) groups is 1. The van der Waals surface area contributed by atoms with Crippen LogP contribution in [0.3, 0.4) is 0 Å². The van der Waals surface area contributed by atoms with Crippen molar-refractivity contribution in [3.8, 4) is 5.69 Å². The van der Waals surface area contributed by atoms with Gasteiger partial charge >= 0.3 is 0 Å². The fourth-order valence-corrected chi connectivity index (χ4v) is 2.99. The average molecular weight is 273 g/mol. The van der Waals surface area contributed by atoms with Crippen LogP contribution in [0.4, 0.5) is 5.82 Å². The van der Waals surface area contributed by atoms with Crippen LogP contribution >= 0.6 is 11.8 Å². The number of anilines is 1. The van der Waals surface area contributed by atoms with Gasteiger partial charge in [-0.3, -0.25) is 0 Å². The molecular formula is C15H19N3S. The van der Waals surface area contributed by atoms with Gasteiger partial charge < -0.3 is 5.32 Å². The molecule has 0 saturated heterocycles. The fourth-order valence-electron chi connectivity index (χ4n) is 2.59. The Morgan fingerprint density at radius 3 is 3.11 bits per heavy atom. The van der Waals surface area contributed by atoms with Crippen LogP contribution in [-0.2, 0) is 12.8 Å². The third-order valence-corrected chi connectivity index (χ3v) is 4.14. The molecule has 1 aliphatic heterocycles. The molecule has 0 unspecified atom stereocenters.